The van der Waals surface area contributed by atoms with E-state index in [9.17, 15) is 4.79 Å². The molecule has 1 rings (SSSR count). The molecule has 0 aromatic heterocycles. The number of hydrogen-bond donors (Lipinski definition) is 0. The molecule has 1 nitrogen and oxygen atoms in total. The molecule has 7 heavy (non-hydrogen) atoms. The fourth-order valence-corrected chi connectivity index (χ4v) is 1.61. The number of carbonyl (C=O) groups excluding carboxylic acids is 1. The van der Waals surface area contributed by atoms with E-state index < -0.39 is 0 Å². The Morgan fingerprint density at radius 3 is 2.71 bits per heavy atom. The predicted molar refractivity (Wildman–Crippen MR) is 31.5 cm³/mol. The molecule has 0 N–H and O–H groups in total. The van der Waals surface area contributed by atoms with Crippen LogP contribution < -0.4 is 0 Å². The molecule has 0 bridgehead atoms. The van der Waals surface area contributed by atoms with E-state index in [1.54, 1.807) is 11.8 Å². The summed E-state index contributed by atoms with van der Waals surface area (Å²) in [5.41, 5.74) is 0. The zero-order valence-corrected chi connectivity index (χ0v) is 5.12. The molecule has 2 heteroatoms. The van der Waals surface area contributed by atoms with Gasteiger partial charge in [0.05, 0.1) is 5.25 Å². The Hall–Kier alpha value is 0.0200. The molecule has 1 heterocycles. The molecular weight excluding hydrogens is 108 g/mol. The predicted octanol–water partition coefficient (Wildman–Crippen LogP) is 1.08. The molecule has 0 saturated carbocycles. The first-order valence-corrected chi connectivity index (χ1v) is 3.50. The lowest BCUT2D eigenvalue weighted by molar-refractivity contribution is -0.117. The highest BCUT2D eigenvalue weighted by Crippen LogP contribution is 2.21. The lowest BCUT2D eigenvalue weighted by Gasteiger charge is -1.90. The topological polar surface area (TPSA) is 17.1 Å². The van der Waals surface area contributed by atoms with Gasteiger partial charge in [0.25, 0.3) is 0 Å². The molecule has 1 saturated heterocycles. The monoisotopic (exact) mass is 116 g/mol. The van der Waals surface area contributed by atoms with E-state index in [1.807, 2.05) is 6.92 Å². The molecule has 40 valence electrons. The van der Waals surface area contributed by atoms with E-state index in [-0.39, 0.29) is 0 Å². The summed E-state index contributed by atoms with van der Waals surface area (Å²) in [6.07, 6.45) is 0.797. The van der Waals surface area contributed by atoms with Gasteiger partial charge in [-0.15, -0.1) is 0 Å². The Labute approximate surface area is 47.5 Å². The van der Waals surface area contributed by atoms with Gasteiger partial charge in [-0.1, -0.05) is 0 Å². The van der Waals surface area contributed by atoms with E-state index in [0.717, 1.165) is 12.2 Å². The molecule has 1 fully saturated rings. The van der Waals surface area contributed by atoms with Crippen LogP contribution in [0.3, 0.4) is 0 Å². The van der Waals surface area contributed by atoms with Gasteiger partial charge in [-0.3, -0.25) is 4.79 Å². The number of carbonyl (C=O) groups is 1. The highest BCUT2D eigenvalue weighted by Gasteiger charge is 2.19. The second-order valence-corrected chi connectivity index (χ2v) is 3.18. The normalized spacial score (nSPS) is 31.6. The third kappa shape index (κ3) is 0.969. The molecule has 1 aliphatic rings. The average molecular weight is 116 g/mol. The fourth-order valence-electron chi connectivity index (χ4n) is 0.633. The lowest BCUT2D eigenvalue weighted by atomic mass is 10.2. The van der Waals surface area contributed by atoms with Gasteiger partial charge in [-0.25, -0.2) is 0 Å². The Morgan fingerprint density at radius 2 is 2.57 bits per heavy atom. The minimum atomic E-state index is 0.292. The Balaban J connectivity index is 2.48. The van der Waals surface area contributed by atoms with Gasteiger partial charge in [-0.2, -0.15) is 11.8 Å². The Morgan fingerprint density at radius 1 is 1.86 bits per heavy atom. The van der Waals surface area contributed by atoms with Crippen molar-refractivity contribution in [3.63, 3.8) is 0 Å². The van der Waals surface area contributed by atoms with Gasteiger partial charge >= 0.3 is 0 Å². The third-order valence-electron chi connectivity index (χ3n) is 1.17. The summed E-state index contributed by atoms with van der Waals surface area (Å²) in [6, 6.07) is 0. The van der Waals surface area contributed by atoms with Crippen molar-refractivity contribution in [1.29, 1.82) is 0 Å². The van der Waals surface area contributed by atoms with Crippen LogP contribution in [0.4, 0.5) is 0 Å². The van der Waals surface area contributed by atoms with Crippen molar-refractivity contribution in [3.8, 4) is 0 Å². The maximum Gasteiger partial charge on any atom is 0.146 e. The number of Topliss-reactive ketones (excluding diaryl/α,β-unsaturated/α-hetero) is 1. The van der Waals surface area contributed by atoms with Crippen molar-refractivity contribution in [3.05, 3.63) is 0 Å². The number of rotatable bonds is 0. The zero-order valence-electron chi connectivity index (χ0n) is 4.31. The van der Waals surface area contributed by atoms with E-state index in [0.29, 0.717) is 11.0 Å². The van der Waals surface area contributed by atoms with Crippen molar-refractivity contribution in [2.75, 3.05) is 5.75 Å². The van der Waals surface area contributed by atoms with Crippen LogP contribution >= 0.6 is 11.8 Å². The molecule has 0 radical (unpaired) electrons. The highest BCUT2D eigenvalue weighted by molar-refractivity contribution is 8.01. The average Bonchev–Trinajstić information content (AvgIpc) is 1.91. The van der Waals surface area contributed by atoms with E-state index in [1.165, 1.54) is 0 Å². The first-order valence-electron chi connectivity index (χ1n) is 2.45. The van der Waals surface area contributed by atoms with E-state index in [4.69, 9.17) is 0 Å². The maximum atomic E-state index is 10.6. The van der Waals surface area contributed by atoms with Crippen LogP contribution in [0.25, 0.3) is 0 Å². The summed E-state index contributed by atoms with van der Waals surface area (Å²) in [6.45, 7) is 1.97. The van der Waals surface area contributed by atoms with Gasteiger partial charge in [0.15, 0.2) is 0 Å². The fraction of sp³-hybridized carbons (Fsp3) is 0.800. The number of thioether (sulfide) groups is 1. The first-order chi connectivity index (χ1) is 3.30. The second-order valence-electron chi connectivity index (χ2n) is 1.73. The van der Waals surface area contributed by atoms with Gasteiger partial charge in [-0.05, 0) is 6.92 Å². The molecule has 0 aliphatic carbocycles. The van der Waals surface area contributed by atoms with Crippen LogP contribution in [-0.2, 0) is 4.79 Å². The van der Waals surface area contributed by atoms with E-state index in [2.05, 4.69) is 0 Å². The largest absolute Gasteiger partial charge is 0.298 e. The summed E-state index contributed by atoms with van der Waals surface area (Å²) in [5.74, 6) is 1.46. The van der Waals surface area contributed by atoms with E-state index >= 15 is 0 Å². The van der Waals surface area contributed by atoms with Gasteiger partial charge in [0.1, 0.15) is 5.78 Å². The molecule has 1 atom stereocenters. The molecule has 1 unspecified atom stereocenters. The minimum Gasteiger partial charge on any atom is -0.298 e. The third-order valence-corrected chi connectivity index (χ3v) is 2.37. The van der Waals surface area contributed by atoms with Crippen molar-refractivity contribution in [2.24, 2.45) is 0 Å². The molecule has 0 aromatic rings. The summed E-state index contributed by atoms with van der Waals surface area (Å²) < 4.78 is 0. The Bertz CT molecular complexity index is 90.1. The second kappa shape index (κ2) is 1.86. The van der Waals surface area contributed by atoms with Crippen LogP contribution in [0.2, 0.25) is 0 Å². The van der Waals surface area contributed by atoms with Crippen molar-refractivity contribution < 1.29 is 4.79 Å². The number of hydrogen-bond acceptors (Lipinski definition) is 2. The summed E-state index contributed by atoms with van der Waals surface area (Å²) >= 11 is 1.76. The summed E-state index contributed by atoms with van der Waals surface area (Å²) in [7, 11) is 0. The first kappa shape index (κ1) is 5.16. The minimum absolute atomic E-state index is 0.292. The number of ketones is 1. The molecule has 0 aromatic carbocycles. The van der Waals surface area contributed by atoms with Crippen LogP contribution in [0.1, 0.15) is 13.3 Å². The molecule has 1 aliphatic heterocycles. The van der Waals surface area contributed by atoms with Gasteiger partial charge in [0.2, 0.25) is 0 Å². The summed E-state index contributed by atoms with van der Waals surface area (Å²) in [5, 5.41) is 0.292. The quantitative estimate of drug-likeness (QED) is 0.471. The highest BCUT2D eigenvalue weighted by atomic mass is 32.2. The van der Waals surface area contributed by atoms with Crippen LogP contribution in [-0.4, -0.2) is 16.8 Å². The van der Waals surface area contributed by atoms with Crippen LogP contribution in [0, 0.1) is 0 Å². The SMILES string of the molecule is CC1SCCC1=O. The van der Waals surface area contributed by atoms with Gasteiger partial charge < -0.3 is 0 Å². The standard InChI is InChI=1S/C5H8OS/c1-4-5(6)2-3-7-4/h4H,2-3H2,1H3. The van der Waals surface area contributed by atoms with Crippen molar-refractivity contribution in [2.45, 2.75) is 18.6 Å². The van der Waals surface area contributed by atoms with Crippen LogP contribution in [0.15, 0.2) is 0 Å². The maximum absolute atomic E-state index is 10.6. The van der Waals surface area contributed by atoms with Crippen molar-refractivity contribution in [1.82, 2.24) is 0 Å². The Kier molecular flexibility index (Phi) is 1.38. The molecular formula is C5H8OS. The molecule has 0 spiro atoms. The van der Waals surface area contributed by atoms with Crippen LogP contribution in [0.5, 0.6) is 0 Å². The van der Waals surface area contributed by atoms with Gasteiger partial charge in [0, 0.05) is 12.2 Å². The van der Waals surface area contributed by atoms with Crippen molar-refractivity contribution >= 4 is 17.5 Å². The smallest absolute Gasteiger partial charge is 0.146 e. The molecule has 0 amide bonds. The zero-order chi connectivity index (χ0) is 5.28. The summed E-state index contributed by atoms with van der Waals surface area (Å²) in [4.78, 5) is 10.6. The lowest BCUT2D eigenvalue weighted by Crippen LogP contribution is -2.03.